The average molecular weight is 393 g/mol. The van der Waals surface area contributed by atoms with E-state index in [4.69, 9.17) is 16.3 Å². The Hall–Kier alpha value is -2.18. The number of nitrogens with one attached hydrogen (secondary N) is 2. The van der Waals surface area contributed by atoms with Gasteiger partial charge in [0.15, 0.2) is 0 Å². The van der Waals surface area contributed by atoms with Gasteiger partial charge in [-0.1, -0.05) is 24.6 Å². The fourth-order valence-corrected chi connectivity index (χ4v) is 3.22. The molecule has 138 valence electrons. The molecule has 0 aliphatic rings. The maximum atomic E-state index is 12.1. The Morgan fingerprint density at radius 2 is 1.81 bits per heavy atom. The molecule has 2 amide bonds. The minimum atomic E-state index is -0.142. The van der Waals surface area contributed by atoms with Crippen LogP contribution >= 0.6 is 23.4 Å². The lowest BCUT2D eigenvalue weighted by Crippen LogP contribution is -2.14. The highest BCUT2D eigenvalue weighted by atomic mass is 35.5. The maximum Gasteiger partial charge on any atom is 0.234 e. The predicted octanol–water partition coefficient (Wildman–Crippen LogP) is 4.82. The molecule has 0 saturated carbocycles. The van der Waals surface area contributed by atoms with Crippen LogP contribution in [-0.2, 0) is 9.59 Å². The lowest BCUT2D eigenvalue weighted by atomic mass is 10.3. The lowest BCUT2D eigenvalue weighted by molar-refractivity contribution is -0.116. The number of amides is 2. The van der Waals surface area contributed by atoms with Crippen LogP contribution in [0.2, 0.25) is 5.02 Å². The van der Waals surface area contributed by atoms with E-state index >= 15 is 0 Å². The second-order valence-corrected chi connectivity index (χ2v) is 6.97. The van der Waals surface area contributed by atoms with Gasteiger partial charge >= 0.3 is 0 Å². The zero-order chi connectivity index (χ0) is 18.9. The fraction of sp³-hybridized carbons (Fsp3) is 0.263. The number of hydrogen-bond acceptors (Lipinski definition) is 4. The van der Waals surface area contributed by atoms with Crippen molar-refractivity contribution in [2.24, 2.45) is 0 Å². The molecule has 0 fully saturated rings. The fourth-order valence-electron chi connectivity index (χ4n) is 2.20. The van der Waals surface area contributed by atoms with Gasteiger partial charge in [-0.2, -0.15) is 0 Å². The van der Waals surface area contributed by atoms with Crippen molar-refractivity contribution >= 4 is 46.6 Å². The first-order valence-corrected chi connectivity index (χ1v) is 9.54. The first-order chi connectivity index (χ1) is 12.5. The molecule has 0 heterocycles. The quantitative estimate of drug-likeness (QED) is 0.632. The predicted molar refractivity (Wildman–Crippen MR) is 107 cm³/mol. The lowest BCUT2D eigenvalue weighted by Gasteiger charge is -2.09. The van der Waals surface area contributed by atoms with Crippen LogP contribution in [0.4, 0.5) is 11.4 Å². The first kappa shape index (κ1) is 20.1. The molecular weight excluding hydrogens is 372 g/mol. The van der Waals surface area contributed by atoms with Crippen molar-refractivity contribution in [3.8, 4) is 5.75 Å². The van der Waals surface area contributed by atoms with Crippen molar-refractivity contribution in [2.45, 2.75) is 24.7 Å². The third-order valence-electron chi connectivity index (χ3n) is 3.40. The van der Waals surface area contributed by atoms with Crippen molar-refractivity contribution in [2.75, 3.05) is 23.5 Å². The van der Waals surface area contributed by atoms with E-state index in [-0.39, 0.29) is 17.6 Å². The summed E-state index contributed by atoms with van der Waals surface area (Å²) in [6.45, 7) is 1.96. The molecule has 7 heteroatoms. The number of hydrogen-bond donors (Lipinski definition) is 2. The summed E-state index contributed by atoms with van der Waals surface area (Å²) in [5.41, 5.74) is 1.35. The van der Waals surface area contributed by atoms with Crippen molar-refractivity contribution in [3.63, 3.8) is 0 Å². The molecule has 0 atom stereocenters. The van der Waals surface area contributed by atoms with Gasteiger partial charge < -0.3 is 15.4 Å². The Balaban J connectivity index is 1.89. The molecule has 0 aliphatic carbocycles. The monoisotopic (exact) mass is 392 g/mol. The molecule has 0 aliphatic heterocycles. The Bertz CT molecular complexity index is 783. The van der Waals surface area contributed by atoms with Crippen molar-refractivity contribution in [1.82, 2.24) is 0 Å². The normalized spacial score (nSPS) is 10.3. The highest BCUT2D eigenvalue weighted by molar-refractivity contribution is 8.00. The molecule has 2 aromatic rings. The van der Waals surface area contributed by atoms with Crippen molar-refractivity contribution in [3.05, 3.63) is 47.5 Å². The second kappa shape index (κ2) is 10.1. The number of halogens is 1. The largest absolute Gasteiger partial charge is 0.495 e. The topological polar surface area (TPSA) is 67.4 Å². The molecule has 2 rings (SSSR count). The van der Waals surface area contributed by atoms with E-state index in [1.165, 1.54) is 18.9 Å². The van der Waals surface area contributed by atoms with Gasteiger partial charge in [-0.05, 0) is 42.8 Å². The number of rotatable bonds is 8. The summed E-state index contributed by atoms with van der Waals surface area (Å²) in [5, 5.41) is 6.09. The summed E-state index contributed by atoms with van der Waals surface area (Å²) >= 11 is 7.44. The third kappa shape index (κ3) is 6.28. The van der Waals surface area contributed by atoms with Crippen LogP contribution in [0, 0.1) is 0 Å². The van der Waals surface area contributed by atoms with Gasteiger partial charge in [0.1, 0.15) is 5.75 Å². The number of carbonyl (C=O) groups is 2. The summed E-state index contributed by atoms with van der Waals surface area (Å²) in [7, 11) is 1.54. The van der Waals surface area contributed by atoms with Gasteiger partial charge in [-0.3, -0.25) is 9.59 Å². The molecular formula is C19H21ClN2O3S. The SMILES string of the molecule is CCCC(=O)Nc1cccc(SCC(=O)Nc2ccc(OC)c(Cl)c2)c1. The summed E-state index contributed by atoms with van der Waals surface area (Å²) in [6.07, 6.45) is 1.29. The van der Waals surface area contributed by atoms with Gasteiger partial charge in [0.2, 0.25) is 11.8 Å². The zero-order valence-electron chi connectivity index (χ0n) is 14.7. The Labute approximate surface area is 162 Å². The Morgan fingerprint density at radius 3 is 2.50 bits per heavy atom. The number of benzene rings is 2. The Morgan fingerprint density at radius 1 is 1.08 bits per heavy atom. The van der Waals surface area contributed by atoms with E-state index in [0.29, 0.717) is 22.9 Å². The van der Waals surface area contributed by atoms with E-state index in [1.54, 1.807) is 18.2 Å². The third-order valence-corrected chi connectivity index (χ3v) is 4.69. The smallest absolute Gasteiger partial charge is 0.234 e. The van der Waals surface area contributed by atoms with Crippen LogP contribution < -0.4 is 15.4 Å². The van der Waals surface area contributed by atoms with E-state index in [2.05, 4.69) is 10.6 Å². The summed E-state index contributed by atoms with van der Waals surface area (Å²) in [4.78, 5) is 24.7. The average Bonchev–Trinajstić information content (AvgIpc) is 2.61. The summed E-state index contributed by atoms with van der Waals surface area (Å²) < 4.78 is 5.09. The molecule has 0 bridgehead atoms. The molecule has 0 spiro atoms. The molecule has 0 radical (unpaired) electrons. The highest BCUT2D eigenvalue weighted by Crippen LogP contribution is 2.27. The van der Waals surface area contributed by atoms with Crippen LogP contribution in [0.5, 0.6) is 5.75 Å². The minimum absolute atomic E-state index is 0.0104. The van der Waals surface area contributed by atoms with Gasteiger partial charge in [-0.25, -0.2) is 0 Å². The van der Waals surface area contributed by atoms with E-state index in [9.17, 15) is 9.59 Å². The van der Waals surface area contributed by atoms with Gasteiger partial charge in [-0.15, -0.1) is 11.8 Å². The standard InChI is InChI=1S/C19H21ClN2O3S/c1-3-5-18(23)21-13-6-4-7-15(10-13)26-12-19(24)22-14-8-9-17(25-2)16(20)11-14/h4,6-11H,3,5,12H2,1-2H3,(H,21,23)(H,22,24). The van der Waals surface area contributed by atoms with Crippen LogP contribution in [0.25, 0.3) is 0 Å². The zero-order valence-corrected chi connectivity index (χ0v) is 16.2. The second-order valence-electron chi connectivity index (χ2n) is 5.51. The molecule has 0 aromatic heterocycles. The number of thioether (sulfide) groups is 1. The van der Waals surface area contributed by atoms with Crippen LogP contribution in [0.15, 0.2) is 47.4 Å². The van der Waals surface area contributed by atoms with Crippen LogP contribution in [-0.4, -0.2) is 24.7 Å². The molecule has 0 saturated heterocycles. The Kier molecular flexibility index (Phi) is 7.81. The molecule has 0 unspecified atom stereocenters. The van der Waals surface area contributed by atoms with Crippen LogP contribution in [0.3, 0.4) is 0 Å². The number of carbonyl (C=O) groups excluding carboxylic acids is 2. The molecule has 2 N–H and O–H groups in total. The first-order valence-electron chi connectivity index (χ1n) is 8.18. The van der Waals surface area contributed by atoms with Crippen LogP contribution in [0.1, 0.15) is 19.8 Å². The molecule has 26 heavy (non-hydrogen) atoms. The maximum absolute atomic E-state index is 12.1. The number of ether oxygens (including phenoxy) is 1. The molecule has 5 nitrogen and oxygen atoms in total. The number of anilines is 2. The summed E-state index contributed by atoms with van der Waals surface area (Å²) in [5.74, 6) is 0.650. The number of methoxy groups -OCH3 is 1. The highest BCUT2D eigenvalue weighted by Gasteiger charge is 2.07. The van der Waals surface area contributed by atoms with Crippen molar-refractivity contribution < 1.29 is 14.3 Å². The van der Waals surface area contributed by atoms with Gasteiger partial charge in [0.05, 0.1) is 17.9 Å². The minimum Gasteiger partial charge on any atom is -0.495 e. The van der Waals surface area contributed by atoms with Gasteiger partial charge in [0.25, 0.3) is 0 Å². The summed E-state index contributed by atoms with van der Waals surface area (Å²) in [6, 6.07) is 12.5. The molecule has 2 aromatic carbocycles. The van der Waals surface area contributed by atoms with Crippen molar-refractivity contribution in [1.29, 1.82) is 0 Å². The van der Waals surface area contributed by atoms with E-state index in [1.807, 2.05) is 31.2 Å². The van der Waals surface area contributed by atoms with E-state index < -0.39 is 0 Å². The van der Waals surface area contributed by atoms with E-state index in [0.717, 1.165) is 17.0 Å². The van der Waals surface area contributed by atoms with Gasteiger partial charge in [0, 0.05) is 22.7 Å².